The van der Waals surface area contributed by atoms with Gasteiger partial charge in [0.2, 0.25) is 11.8 Å². The van der Waals surface area contributed by atoms with Crippen LogP contribution in [0.15, 0.2) is 29.0 Å². The summed E-state index contributed by atoms with van der Waals surface area (Å²) in [6.07, 6.45) is 2.14. The van der Waals surface area contributed by atoms with Crippen LogP contribution >= 0.6 is 0 Å². The number of allylic oxidation sites excluding steroid dienone is 1. The van der Waals surface area contributed by atoms with Crippen LogP contribution in [0.1, 0.15) is 50.2 Å². The molecule has 1 saturated heterocycles. The summed E-state index contributed by atoms with van der Waals surface area (Å²) in [7, 11) is 5.31. The van der Waals surface area contributed by atoms with Gasteiger partial charge >= 0.3 is 12.1 Å². The predicted molar refractivity (Wildman–Crippen MR) is 173 cm³/mol. The molecule has 0 bridgehead atoms. The van der Waals surface area contributed by atoms with Crippen LogP contribution in [0.5, 0.6) is 11.5 Å². The first kappa shape index (κ1) is 35.3. The number of aryl methyl sites for hydroxylation is 1. The van der Waals surface area contributed by atoms with E-state index in [0.29, 0.717) is 30.1 Å². The van der Waals surface area contributed by atoms with Crippen molar-refractivity contribution in [1.82, 2.24) is 20.4 Å². The van der Waals surface area contributed by atoms with Crippen LogP contribution in [0.25, 0.3) is 0 Å². The molecule has 5 unspecified atom stereocenters. The Morgan fingerprint density at radius 3 is 2.70 bits per heavy atom. The van der Waals surface area contributed by atoms with Crippen molar-refractivity contribution in [3.63, 3.8) is 0 Å². The zero-order chi connectivity index (χ0) is 34.5. The average molecular weight is 658 g/mol. The molecule has 47 heavy (non-hydrogen) atoms. The van der Waals surface area contributed by atoms with E-state index in [2.05, 4.69) is 47.5 Å². The summed E-state index contributed by atoms with van der Waals surface area (Å²) in [6.45, 7) is 5.56. The summed E-state index contributed by atoms with van der Waals surface area (Å²) in [4.78, 5) is 56.8. The van der Waals surface area contributed by atoms with Crippen molar-refractivity contribution < 1.29 is 38.5 Å². The molecule has 0 saturated carbocycles. The molecule has 2 aliphatic heterocycles. The maximum atomic E-state index is 13.3. The molecule has 7 N–H and O–H groups in total. The number of amides is 3. The van der Waals surface area contributed by atoms with E-state index in [1.165, 1.54) is 4.90 Å². The number of guanidine groups is 1. The van der Waals surface area contributed by atoms with Crippen molar-refractivity contribution in [1.29, 1.82) is 0 Å². The molecule has 1 spiro atoms. The van der Waals surface area contributed by atoms with Crippen LogP contribution in [0.3, 0.4) is 0 Å². The number of hydrogen-bond acceptors (Lipinski definition) is 9. The first-order valence-electron chi connectivity index (χ1n) is 15.8. The number of carboxylic acids is 1. The molecule has 3 amide bonds. The lowest BCUT2D eigenvalue weighted by molar-refractivity contribution is -0.141. The number of piperidine rings is 1. The molecule has 15 nitrogen and oxygen atoms in total. The summed E-state index contributed by atoms with van der Waals surface area (Å²) >= 11 is 0. The predicted octanol–water partition coefficient (Wildman–Crippen LogP) is 0.828. The normalized spacial score (nSPS) is 23.4. The minimum absolute atomic E-state index is 0.0559. The van der Waals surface area contributed by atoms with Crippen molar-refractivity contribution >= 4 is 29.8 Å². The van der Waals surface area contributed by atoms with Crippen LogP contribution in [-0.2, 0) is 24.5 Å². The van der Waals surface area contributed by atoms with Gasteiger partial charge in [-0.25, -0.2) is 4.79 Å². The van der Waals surface area contributed by atoms with Gasteiger partial charge in [0, 0.05) is 43.7 Å². The first-order chi connectivity index (χ1) is 22.3. The summed E-state index contributed by atoms with van der Waals surface area (Å²) in [5, 5.41) is 14.1. The molecule has 1 aromatic rings. The first-order valence-corrected chi connectivity index (χ1v) is 15.8. The second-order valence-corrected chi connectivity index (χ2v) is 12.5. The van der Waals surface area contributed by atoms with E-state index in [-0.39, 0.29) is 44.0 Å². The smallest absolute Gasteiger partial charge is 0.414 e. The zero-order valence-electron chi connectivity index (χ0n) is 27.7. The molecule has 3 aliphatic rings. The second kappa shape index (κ2) is 14.9. The maximum absolute atomic E-state index is 13.3. The highest BCUT2D eigenvalue weighted by molar-refractivity contribution is 5.96. The van der Waals surface area contributed by atoms with E-state index >= 15 is 0 Å². The molecule has 5 atom stereocenters. The van der Waals surface area contributed by atoms with Gasteiger partial charge in [0.15, 0.2) is 23.6 Å². The van der Waals surface area contributed by atoms with E-state index < -0.39 is 47.9 Å². The van der Waals surface area contributed by atoms with Crippen LogP contribution in [-0.4, -0.2) is 110 Å². The highest BCUT2D eigenvalue weighted by Crippen LogP contribution is 2.61. The quantitative estimate of drug-likeness (QED) is 0.0868. The minimum Gasteiger partial charge on any atom is -0.493 e. The summed E-state index contributed by atoms with van der Waals surface area (Å²) in [6, 6.07) is 3.22. The van der Waals surface area contributed by atoms with E-state index in [1.54, 1.807) is 14.2 Å². The fraction of sp³-hybridized carbons (Fsp3) is 0.594. The zero-order valence-corrected chi connectivity index (χ0v) is 27.7. The van der Waals surface area contributed by atoms with Gasteiger partial charge in [-0.05, 0) is 76.7 Å². The molecule has 2 heterocycles. The van der Waals surface area contributed by atoms with Gasteiger partial charge in [-0.15, -0.1) is 0 Å². The number of ether oxygens (including phenoxy) is 3. The second-order valence-electron chi connectivity index (χ2n) is 12.5. The standard InChI is InChI=1S/C32H47N7O8/c1-18-8-10-22(45-5)27-26(18)32-12-15-38(3)19(2)20(32)9-11-23(28(32)47-27)46-31(44)39(4)16-14-35-29(43)21(7-6-13-36-30(33)34)37-24(40)17-25(41)42/h8,10-11,19-21,28H,6-7,9,12-17H2,1-5H3,(H,35,43)(H,37,40)(H,41,42)(H4,33,34,36). The van der Waals surface area contributed by atoms with Gasteiger partial charge in [0.05, 0.1) is 7.11 Å². The number of nitrogens with zero attached hydrogens (tertiary/aromatic N) is 3. The lowest BCUT2D eigenvalue weighted by atomic mass is 9.57. The largest absolute Gasteiger partial charge is 0.493 e. The highest BCUT2D eigenvalue weighted by Gasteiger charge is 2.62. The molecule has 0 radical (unpaired) electrons. The number of aliphatic imine (C=N–C) groups is 1. The Hall–Kier alpha value is -4.53. The third-order valence-electron chi connectivity index (χ3n) is 9.54. The highest BCUT2D eigenvalue weighted by atomic mass is 16.6. The number of likely N-dealkylation sites (N-methyl/N-ethyl adjacent to an activating group) is 1. The Balaban J connectivity index is 1.41. The maximum Gasteiger partial charge on any atom is 0.414 e. The van der Waals surface area contributed by atoms with Crippen molar-refractivity contribution in [2.75, 3.05) is 47.4 Å². The van der Waals surface area contributed by atoms with Crippen LogP contribution in [0, 0.1) is 12.8 Å². The molecular weight excluding hydrogens is 610 g/mol. The third kappa shape index (κ3) is 7.56. The van der Waals surface area contributed by atoms with Gasteiger partial charge in [0.1, 0.15) is 18.2 Å². The molecule has 1 aliphatic carbocycles. The number of carbonyl (C=O) groups excluding carboxylic acids is 3. The summed E-state index contributed by atoms with van der Waals surface area (Å²) in [5.74, 6) is -0.719. The van der Waals surface area contributed by atoms with Crippen LogP contribution in [0.4, 0.5) is 4.79 Å². The monoisotopic (exact) mass is 657 g/mol. The number of rotatable bonds is 13. The molecule has 4 rings (SSSR count). The SMILES string of the molecule is COc1ccc(C)c2c1OC1C(OC(=O)N(C)CCNC(=O)C(CCCN=C(N)N)NC(=O)CC(=O)O)=CCC3C(C)N(C)CCC213. The number of likely N-dealkylation sites (tertiary alicyclic amines) is 1. The Morgan fingerprint density at radius 1 is 1.28 bits per heavy atom. The van der Waals surface area contributed by atoms with Crippen molar-refractivity contribution in [3.05, 3.63) is 35.1 Å². The van der Waals surface area contributed by atoms with E-state index in [4.69, 9.17) is 30.8 Å². The van der Waals surface area contributed by atoms with Gasteiger partial charge in [0.25, 0.3) is 0 Å². The minimum atomic E-state index is -1.32. The Kier molecular flexibility index (Phi) is 11.2. The number of fused-ring (bicyclic) bond motifs is 1. The molecular formula is C32H47N7O8. The molecule has 15 heteroatoms. The fourth-order valence-electron chi connectivity index (χ4n) is 7.06. The van der Waals surface area contributed by atoms with Crippen molar-refractivity contribution in [2.24, 2.45) is 22.4 Å². The van der Waals surface area contributed by atoms with E-state index in [9.17, 15) is 19.2 Å². The van der Waals surface area contributed by atoms with E-state index in [0.717, 1.165) is 24.1 Å². The Labute approximate surface area is 274 Å². The topological polar surface area (TPSA) is 211 Å². The number of methoxy groups -OCH3 is 1. The number of carbonyl (C=O) groups is 4. The summed E-state index contributed by atoms with van der Waals surface area (Å²) < 4.78 is 18.3. The Bertz CT molecular complexity index is 1430. The Morgan fingerprint density at radius 2 is 2.02 bits per heavy atom. The molecule has 0 aromatic heterocycles. The molecule has 1 fully saturated rings. The molecule has 1 aromatic carbocycles. The van der Waals surface area contributed by atoms with Gasteiger partial charge in [-0.1, -0.05) is 6.07 Å². The van der Waals surface area contributed by atoms with Crippen LogP contribution < -0.4 is 31.6 Å². The lowest BCUT2D eigenvalue weighted by Crippen LogP contribution is -2.60. The van der Waals surface area contributed by atoms with Crippen molar-refractivity contribution in [2.45, 2.75) is 69.6 Å². The summed E-state index contributed by atoms with van der Waals surface area (Å²) in [5.41, 5.74) is 12.5. The number of aliphatic carboxylic acids is 1. The third-order valence-corrected chi connectivity index (χ3v) is 9.54. The molecule has 258 valence electrons. The number of hydrogen-bond donors (Lipinski definition) is 5. The van der Waals surface area contributed by atoms with Gasteiger partial charge in [-0.3, -0.25) is 19.4 Å². The number of nitrogens with two attached hydrogens (primary N) is 2. The lowest BCUT2D eigenvalue weighted by Gasteiger charge is -2.53. The van der Waals surface area contributed by atoms with Gasteiger partial charge in [-0.2, -0.15) is 0 Å². The van der Waals surface area contributed by atoms with Gasteiger partial charge < -0.3 is 51.2 Å². The number of carboxylic acid groups (broad SMARTS) is 1. The average Bonchev–Trinajstić information content (AvgIpc) is 3.37. The number of nitrogens with one attached hydrogen (secondary N) is 2. The fourth-order valence-corrected chi connectivity index (χ4v) is 7.06. The van der Waals surface area contributed by atoms with Crippen molar-refractivity contribution in [3.8, 4) is 11.5 Å². The number of benzene rings is 1. The van der Waals surface area contributed by atoms with Crippen LogP contribution in [0.2, 0.25) is 0 Å². The van der Waals surface area contributed by atoms with E-state index in [1.807, 2.05) is 12.1 Å².